The molecule has 0 radical (unpaired) electrons. The highest BCUT2D eigenvalue weighted by Crippen LogP contribution is 2.19. The van der Waals surface area contributed by atoms with Crippen LogP contribution in [0.3, 0.4) is 0 Å². The molecule has 0 bridgehead atoms. The largest absolute Gasteiger partial charge is 0.466 e. The summed E-state index contributed by atoms with van der Waals surface area (Å²) in [5.74, 6) is -1.93. The number of benzene rings is 1. The zero-order chi connectivity index (χ0) is 17.7. The summed E-state index contributed by atoms with van der Waals surface area (Å²) >= 11 is 0. The number of aryl methyl sites for hydroxylation is 2. The molecule has 1 aromatic carbocycles. The number of anilines is 1. The summed E-state index contributed by atoms with van der Waals surface area (Å²) in [4.78, 5) is 37.9. The number of nitrogens with zero attached hydrogens (tertiary/aromatic N) is 1. The molecular formula is C18H24N2O4. The lowest BCUT2D eigenvalue weighted by molar-refractivity contribution is -0.153. The Labute approximate surface area is 142 Å². The van der Waals surface area contributed by atoms with Gasteiger partial charge in [0, 0.05) is 18.8 Å². The van der Waals surface area contributed by atoms with Gasteiger partial charge in [0.15, 0.2) is 0 Å². The number of esters is 1. The first-order chi connectivity index (χ1) is 11.4. The fourth-order valence-corrected chi connectivity index (χ4v) is 2.89. The number of carbonyl (C=O) groups excluding carboxylic acids is 3. The van der Waals surface area contributed by atoms with Crippen molar-refractivity contribution in [1.29, 1.82) is 0 Å². The molecule has 1 saturated heterocycles. The van der Waals surface area contributed by atoms with Crippen molar-refractivity contribution >= 4 is 23.5 Å². The van der Waals surface area contributed by atoms with E-state index in [9.17, 15) is 14.4 Å². The monoisotopic (exact) mass is 332 g/mol. The van der Waals surface area contributed by atoms with E-state index in [1.165, 1.54) is 4.90 Å². The number of nitrogens with one attached hydrogen (secondary N) is 1. The fraction of sp³-hybridized carbons (Fsp3) is 0.500. The third-order valence-corrected chi connectivity index (χ3v) is 4.15. The molecule has 1 N–H and O–H groups in total. The molecule has 0 aliphatic carbocycles. The highest BCUT2D eigenvalue weighted by atomic mass is 16.5. The first-order valence-corrected chi connectivity index (χ1v) is 8.26. The Kier molecular flexibility index (Phi) is 5.95. The lowest BCUT2D eigenvalue weighted by Crippen LogP contribution is -2.47. The van der Waals surface area contributed by atoms with Gasteiger partial charge in [-0.3, -0.25) is 14.4 Å². The smallest absolute Gasteiger partial charge is 0.313 e. The average Bonchev–Trinajstić information content (AvgIpc) is 2.57. The number of ether oxygens (including phenoxy) is 1. The van der Waals surface area contributed by atoms with Crippen molar-refractivity contribution < 1.29 is 19.1 Å². The van der Waals surface area contributed by atoms with Crippen LogP contribution in [0.1, 0.15) is 30.9 Å². The SMILES string of the molecule is CCOC(=O)C1CCCN(C(=O)C(=O)Nc2ccc(C)cc2C)C1. The summed E-state index contributed by atoms with van der Waals surface area (Å²) in [7, 11) is 0. The average molecular weight is 332 g/mol. The van der Waals surface area contributed by atoms with Crippen LogP contribution >= 0.6 is 0 Å². The first kappa shape index (κ1) is 18.0. The van der Waals surface area contributed by atoms with Crippen molar-refractivity contribution in [2.75, 3.05) is 25.0 Å². The zero-order valence-electron chi connectivity index (χ0n) is 14.4. The van der Waals surface area contributed by atoms with Gasteiger partial charge in [0.25, 0.3) is 0 Å². The van der Waals surface area contributed by atoms with Crippen LogP contribution in [-0.2, 0) is 19.1 Å². The van der Waals surface area contributed by atoms with E-state index in [1.54, 1.807) is 13.0 Å². The first-order valence-electron chi connectivity index (χ1n) is 8.26. The van der Waals surface area contributed by atoms with Crippen molar-refractivity contribution in [2.45, 2.75) is 33.6 Å². The minimum atomic E-state index is -0.675. The summed E-state index contributed by atoms with van der Waals surface area (Å²) in [5, 5.41) is 2.66. The van der Waals surface area contributed by atoms with Crippen LogP contribution in [0.15, 0.2) is 18.2 Å². The molecule has 1 aliphatic heterocycles. The summed E-state index contributed by atoms with van der Waals surface area (Å²) in [5.41, 5.74) is 2.61. The number of hydrogen-bond donors (Lipinski definition) is 1. The van der Waals surface area contributed by atoms with E-state index in [-0.39, 0.29) is 18.4 Å². The Bertz CT molecular complexity index is 642. The van der Waals surface area contributed by atoms with Crippen LogP contribution in [-0.4, -0.2) is 42.4 Å². The van der Waals surface area contributed by atoms with Crippen molar-refractivity contribution in [3.63, 3.8) is 0 Å². The molecule has 0 spiro atoms. The summed E-state index contributed by atoms with van der Waals surface area (Å²) in [6.45, 7) is 6.63. The molecule has 2 amide bonds. The Balaban J connectivity index is 1.99. The maximum absolute atomic E-state index is 12.4. The predicted molar refractivity (Wildman–Crippen MR) is 90.5 cm³/mol. The number of hydrogen-bond acceptors (Lipinski definition) is 4. The van der Waals surface area contributed by atoms with E-state index in [0.717, 1.165) is 11.1 Å². The van der Waals surface area contributed by atoms with Gasteiger partial charge in [-0.2, -0.15) is 0 Å². The van der Waals surface area contributed by atoms with Crippen LogP contribution in [0, 0.1) is 19.8 Å². The molecule has 0 saturated carbocycles. The third-order valence-electron chi connectivity index (χ3n) is 4.15. The standard InChI is InChI=1S/C18H24N2O4/c1-4-24-18(23)14-6-5-9-20(11-14)17(22)16(21)19-15-8-7-12(2)10-13(15)3/h7-8,10,14H,4-6,9,11H2,1-3H3,(H,19,21). The van der Waals surface area contributed by atoms with Crippen LogP contribution in [0.4, 0.5) is 5.69 Å². The van der Waals surface area contributed by atoms with E-state index in [2.05, 4.69) is 5.32 Å². The van der Waals surface area contributed by atoms with Gasteiger partial charge < -0.3 is 15.0 Å². The van der Waals surface area contributed by atoms with Crippen LogP contribution in [0.2, 0.25) is 0 Å². The number of rotatable bonds is 3. The molecule has 130 valence electrons. The molecule has 1 unspecified atom stereocenters. The second-order valence-corrected chi connectivity index (χ2v) is 6.11. The van der Waals surface area contributed by atoms with Crippen LogP contribution in [0.25, 0.3) is 0 Å². The van der Waals surface area contributed by atoms with Gasteiger partial charge in [0.1, 0.15) is 0 Å². The van der Waals surface area contributed by atoms with Gasteiger partial charge in [-0.05, 0) is 45.2 Å². The highest BCUT2D eigenvalue weighted by molar-refractivity contribution is 6.39. The Morgan fingerprint density at radius 1 is 1.29 bits per heavy atom. The number of piperidine rings is 1. The molecule has 2 rings (SSSR count). The van der Waals surface area contributed by atoms with Gasteiger partial charge in [-0.15, -0.1) is 0 Å². The zero-order valence-corrected chi connectivity index (χ0v) is 14.4. The molecule has 6 heteroatoms. The summed E-state index contributed by atoms with van der Waals surface area (Å²) < 4.78 is 5.02. The number of likely N-dealkylation sites (tertiary alicyclic amines) is 1. The van der Waals surface area contributed by atoms with Crippen molar-refractivity contribution in [1.82, 2.24) is 4.90 Å². The van der Waals surface area contributed by atoms with Gasteiger partial charge in [0.05, 0.1) is 12.5 Å². The molecule has 6 nitrogen and oxygen atoms in total. The predicted octanol–water partition coefficient (Wildman–Crippen LogP) is 2.04. The summed E-state index contributed by atoms with van der Waals surface area (Å²) in [6, 6.07) is 5.61. The van der Waals surface area contributed by atoms with Gasteiger partial charge in [0.2, 0.25) is 0 Å². The fourth-order valence-electron chi connectivity index (χ4n) is 2.89. The minimum Gasteiger partial charge on any atom is -0.466 e. The molecule has 1 fully saturated rings. The van der Waals surface area contributed by atoms with E-state index >= 15 is 0 Å². The van der Waals surface area contributed by atoms with Gasteiger partial charge in [-0.1, -0.05) is 17.7 Å². The Morgan fingerprint density at radius 2 is 2.04 bits per heavy atom. The Morgan fingerprint density at radius 3 is 2.71 bits per heavy atom. The van der Waals surface area contributed by atoms with Crippen LogP contribution in [0.5, 0.6) is 0 Å². The molecule has 24 heavy (non-hydrogen) atoms. The second kappa shape index (κ2) is 7.95. The van der Waals surface area contributed by atoms with Gasteiger partial charge in [-0.25, -0.2) is 0 Å². The molecule has 1 atom stereocenters. The van der Waals surface area contributed by atoms with E-state index in [1.807, 2.05) is 26.0 Å². The van der Waals surface area contributed by atoms with E-state index < -0.39 is 11.8 Å². The highest BCUT2D eigenvalue weighted by Gasteiger charge is 2.32. The normalized spacial score (nSPS) is 17.3. The van der Waals surface area contributed by atoms with Gasteiger partial charge >= 0.3 is 17.8 Å². The minimum absolute atomic E-state index is 0.234. The van der Waals surface area contributed by atoms with Crippen LogP contribution < -0.4 is 5.32 Å². The maximum atomic E-state index is 12.4. The molecular weight excluding hydrogens is 308 g/mol. The quantitative estimate of drug-likeness (QED) is 0.679. The van der Waals surface area contributed by atoms with E-state index in [4.69, 9.17) is 4.74 Å². The molecule has 0 aromatic heterocycles. The Hall–Kier alpha value is -2.37. The lowest BCUT2D eigenvalue weighted by Gasteiger charge is -2.31. The summed E-state index contributed by atoms with van der Waals surface area (Å²) in [6.07, 6.45) is 1.37. The maximum Gasteiger partial charge on any atom is 0.313 e. The number of amides is 2. The van der Waals surface area contributed by atoms with E-state index in [0.29, 0.717) is 31.7 Å². The molecule has 1 heterocycles. The second-order valence-electron chi connectivity index (χ2n) is 6.11. The molecule has 1 aromatic rings. The topological polar surface area (TPSA) is 75.7 Å². The number of carbonyl (C=O) groups is 3. The van der Waals surface area contributed by atoms with Crippen molar-refractivity contribution in [3.05, 3.63) is 29.3 Å². The molecule has 1 aliphatic rings. The van der Waals surface area contributed by atoms with Crippen molar-refractivity contribution in [3.8, 4) is 0 Å². The van der Waals surface area contributed by atoms with Crippen molar-refractivity contribution in [2.24, 2.45) is 5.92 Å². The lowest BCUT2D eigenvalue weighted by atomic mass is 9.98. The third kappa shape index (κ3) is 4.34.